The molecule has 0 aromatic rings. The monoisotopic (exact) mass is 157 g/mol. The lowest BCUT2D eigenvalue weighted by Gasteiger charge is -2.13. The van der Waals surface area contributed by atoms with E-state index in [0.29, 0.717) is 6.04 Å². The zero-order valence-corrected chi connectivity index (χ0v) is 7.38. The summed E-state index contributed by atoms with van der Waals surface area (Å²) in [6.07, 6.45) is 4.75. The van der Waals surface area contributed by atoms with Gasteiger partial charge in [-0.3, -0.25) is 0 Å². The Hall–Kier alpha value is -0.0800. The van der Waals surface area contributed by atoms with Gasteiger partial charge in [0.1, 0.15) is 0 Å². The molecule has 66 valence electrons. The van der Waals surface area contributed by atoms with Crippen molar-refractivity contribution in [1.82, 2.24) is 0 Å². The molecular weight excluding hydrogens is 138 g/mol. The van der Waals surface area contributed by atoms with Crippen LogP contribution in [-0.4, -0.2) is 19.3 Å². The summed E-state index contributed by atoms with van der Waals surface area (Å²) in [5, 5.41) is 0. The average Bonchev–Trinajstić information content (AvgIpc) is 2.40. The van der Waals surface area contributed by atoms with Crippen molar-refractivity contribution in [2.45, 2.75) is 38.6 Å². The lowest BCUT2D eigenvalue weighted by Crippen LogP contribution is -2.23. The third-order valence-corrected chi connectivity index (χ3v) is 2.32. The van der Waals surface area contributed by atoms with Crippen molar-refractivity contribution in [3.8, 4) is 0 Å². The highest BCUT2D eigenvalue weighted by Crippen LogP contribution is 2.18. The molecule has 0 aromatic carbocycles. The van der Waals surface area contributed by atoms with E-state index in [0.717, 1.165) is 32.0 Å². The molecule has 2 atom stereocenters. The standard InChI is InChI=1S/C9H19NO/c1-2-3-9(10)6-8-4-5-11-7-8/h8-9H,2-7,10H2,1H3. The summed E-state index contributed by atoms with van der Waals surface area (Å²) in [7, 11) is 0. The molecule has 1 rings (SSSR count). The normalized spacial score (nSPS) is 27.3. The number of nitrogens with two attached hydrogens (primary N) is 1. The molecule has 1 fully saturated rings. The molecule has 0 aliphatic carbocycles. The van der Waals surface area contributed by atoms with E-state index in [1.165, 1.54) is 12.8 Å². The molecule has 11 heavy (non-hydrogen) atoms. The van der Waals surface area contributed by atoms with Crippen molar-refractivity contribution in [2.75, 3.05) is 13.2 Å². The summed E-state index contributed by atoms with van der Waals surface area (Å²) in [4.78, 5) is 0. The van der Waals surface area contributed by atoms with Gasteiger partial charge in [-0.25, -0.2) is 0 Å². The van der Waals surface area contributed by atoms with Crippen molar-refractivity contribution in [1.29, 1.82) is 0 Å². The van der Waals surface area contributed by atoms with Gasteiger partial charge in [-0.2, -0.15) is 0 Å². The van der Waals surface area contributed by atoms with Crippen LogP contribution in [0.5, 0.6) is 0 Å². The van der Waals surface area contributed by atoms with E-state index in [4.69, 9.17) is 10.5 Å². The first kappa shape index (κ1) is 9.01. The molecule has 2 heteroatoms. The Labute approximate surface area is 69.1 Å². The first-order valence-corrected chi connectivity index (χ1v) is 4.66. The molecule has 1 aliphatic heterocycles. The minimum Gasteiger partial charge on any atom is -0.381 e. The molecule has 1 aliphatic rings. The minimum absolute atomic E-state index is 0.409. The van der Waals surface area contributed by atoms with Crippen LogP contribution in [0.25, 0.3) is 0 Å². The number of rotatable bonds is 4. The van der Waals surface area contributed by atoms with E-state index in [2.05, 4.69) is 6.92 Å². The second kappa shape index (κ2) is 4.73. The van der Waals surface area contributed by atoms with Crippen LogP contribution >= 0.6 is 0 Å². The highest BCUT2D eigenvalue weighted by Gasteiger charge is 2.17. The summed E-state index contributed by atoms with van der Waals surface area (Å²) in [5.41, 5.74) is 5.91. The second-order valence-corrected chi connectivity index (χ2v) is 3.51. The maximum atomic E-state index is 5.91. The van der Waals surface area contributed by atoms with Crippen molar-refractivity contribution in [3.63, 3.8) is 0 Å². The number of ether oxygens (including phenoxy) is 1. The Morgan fingerprint density at radius 2 is 2.45 bits per heavy atom. The molecule has 0 radical (unpaired) electrons. The van der Waals surface area contributed by atoms with Crippen LogP contribution < -0.4 is 5.73 Å². The maximum Gasteiger partial charge on any atom is 0.0495 e. The largest absolute Gasteiger partial charge is 0.381 e. The van der Waals surface area contributed by atoms with Crippen LogP contribution in [0.2, 0.25) is 0 Å². The predicted molar refractivity (Wildman–Crippen MR) is 46.4 cm³/mol. The fourth-order valence-corrected chi connectivity index (χ4v) is 1.69. The molecule has 1 heterocycles. The van der Waals surface area contributed by atoms with Gasteiger partial charge >= 0.3 is 0 Å². The SMILES string of the molecule is CCCC(N)CC1CCOC1. The molecule has 0 spiro atoms. The summed E-state index contributed by atoms with van der Waals surface area (Å²) in [5.74, 6) is 0.747. The third-order valence-electron chi connectivity index (χ3n) is 2.32. The van der Waals surface area contributed by atoms with Gasteiger partial charge in [0.25, 0.3) is 0 Å². The van der Waals surface area contributed by atoms with Crippen LogP contribution in [0.4, 0.5) is 0 Å². The van der Waals surface area contributed by atoms with Gasteiger partial charge in [-0.05, 0) is 25.2 Å². The second-order valence-electron chi connectivity index (χ2n) is 3.51. The van der Waals surface area contributed by atoms with Crippen LogP contribution in [0.1, 0.15) is 32.6 Å². The highest BCUT2D eigenvalue weighted by molar-refractivity contribution is 4.71. The highest BCUT2D eigenvalue weighted by atomic mass is 16.5. The lowest BCUT2D eigenvalue weighted by molar-refractivity contribution is 0.182. The van der Waals surface area contributed by atoms with Crippen molar-refractivity contribution >= 4 is 0 Å². The molecule has 2 unspecified atom stereocenters. The van der Waals surface area contributed by atoms with Gasteiger partial charge < -0.3 is 10.5 Å². The smallest absolute Gasteiger partial charge is 0.0495 e. The average molecular weight is 157 g/mol. The zero-order chi connectivity index (χ0) is 8.10. The van der Waals surface area contributed by atoms with E-state index >= 15 is 0 Å². The number of hydrogen-bond acceptors (Lipinski definition) is 2. The van der Waals surface area contributed by atoms with E-state index in [9.17, 15) is 0 Å². The van der Waals surface area contributed by atoms with E-state index in [1.807, 2.05) is 0 Å². The van der Waals surface area contributed by atoms with Crippen molar-refractivity contribution in [3.05, 3.63) is 0 Å². The number of hydrogen-bond donors (Lipinski definition) is 1. The van der Waals surface area contributed by atoms with Crippen LogP contribution in [0.3, 0.4) is 0 Å². The van der Waals surface area contributed by atoms with Gasteiger partial charge in [0.15, 0.2) is 0 Å². The van der Waals surface area contributed by atoms with Crippen LogP contribution in [0, 0.1) is 5.92 Å². The Balaban J connectivity index is 2.08. The van der Waals surface area contributed by atoms with Gasteiger partial charge in [0, 0.05) is 19.3 Å². The Morgan fingerprint density at radius 1 is 1.64 bits per heavy atom. The molecule has 2 N–H and O–H groups in total. The van der Waals surface area contributed by atoms with Gasteiger partial charge in [0.05, 0.1) is 0 Å². The third kappa shape index (κ3) is 3.21. The molecule has 0 saturated carbocycles. The van der Waals surface area contributed by atoms with Crippen LogP contribution in [-0.2, 0) is 4.74 Å². The minimum atomic E-state index is 0.409. The molecular formula is C9H19NO. The molecule has 0 bridgehead atoms. The maximum absolute atomic E-state index is 5.91. The first-order chi connectivity index (χ1) is 5.33. The summed E-state index contributed by atoms with van der Waals surface area (Å²) < 4.78 is 5.28. The summed E-state index contributed by atoms with van der Waals surface area (Å²) >= 11 is 0. The van der Waals surface area contributed by atoms with E-state index < -0.39 is 0 Å². The summed E-state index contributed by atoms with van der Waals surface area (Å²) in [6.45, 7) is 4.08. The van der Waals surface area contributed by atoms with Crippen molar-refractivity contribution in [2.24, 2.45) is 11.7 Å². The van der Waals surface area contributed by atoms with Gasteiger partial charge in [-0.1, -0.05) is 13.3 Å². The Bertz CT molecular complexity index is 99.7. The van der Waals surface area contributed by atoms with E-state index in [1.54, 1.807) is 0 Å². The van der Waals surface area contributed by atoms with Gasteiger partial charge in [0.2, 0.25) is 0 Å². The zero-order valence-electron chi connectivity index (χ0n) is 7.38. The topological polar surface area (TPSA) is 35.2 Å². The first-order valence-electron chi connectivity index (χ1n) is 4.66. The lowest BCUT2D eigenvalue weighted by atomic mass is 9.97. The molecule has 2 nitrogen and oxygen atoms in total. The van der Waals surface area contributed by atoms with Gasteiger partial charge in [-0.15, -0.1) is 0 Å². The fourth-order valence-electron chi connectivity index (χ4n) is 1.69. The van der Waals surface area contributed by atoms with E-state index in [-0.39, 0.29) is 0 Å². The quantitative estimate of drug-likeness (QED) is 0.672. The predicted octanol–water partition coefficient (Wildman–Crippen LogP) is 1.54. The summed E-state index contributed by atoms with van der Waals surface area (Å²) in [6, 6.07) is 0.409. The molecule has 1 saturated heterocycles. The fraction of sp³-hybridized carbons (Fsp3) is 1.00. The Kier molecular flexibility index (Phi) is 3.87. The molecule has 0 aromatic heterocycles. The molecule has 0 amide bonds. The van der Waals surface area contributed by atoms with Crippen molar-refractivity contribution < 1.29 is 4.74 Å². The Morgan fingerprint density at radius 3 is 3.00 bits per heavy atom. The van der Waals surface area contributed by atoms with Crippen LogP contribution in [0.15, 0.2) is 0 Å².